The van der Waals surface area contributed by atoms with Crippen LogP contribution < -0.4 is 16.8 Å². The van der Waals surface area contributed by atoms with Crippen LogP contribution in [0.4, 0.5) is 0 Å². The number of hydrogen-bond acceptors (Lipinski definition) is 5. The lowest BCUT2D eigenvalue weighted by Crippen LogP contribution is -2.49. The van der Waals surface area contributed by atoms with E-state index in [2.05, 4.69) is 10.3 Å². The van der Waals surface area contributed by atoms with Gasteiger partial charge in [-0.15, -0.1) is 0 Å². The van der Waals surface area contributed by atoms with Crippen molar-refractivity contribution in [2.24, 2.45) is 11.5 Å². The molecule has 2 aromatic carbocycles. The van der Waals surface area contributed by atoms with E-state index in [1.807, 2.05) is 60.8 Å². The minimum absolute atomic E-state index is 0.0362. The summed E-state index contributed by atoms with van der Waals surface area (Å²) in [4.78, 5) is 39.5. The number of nitrogens with two attached hydrogens (primary N) is 2. The molecule has 3 rings (SSSR count). The topological polar surface area (TPSA) is 140 Å². The number of H-pyrrole nitrogens is 1. The molecular weight excluding hydrogens is 396 g/mol. The Labute approximate surface area is 179 Å². The average molecular weight is 422 g/mol. The number of para-hydroxylation sites is 1. The molecule has 8 heteroatoms. The summed E-state index contributed by atoms with van der Waals surface area (Å²) in [6.45, 7) is 0.0595. The Morgan fingerprint density at radius 1 is 1.03 bits per heavy atom. The van der Waals surface area contributed by atoms with Crippen LogP contribution >= 0.6 is 0 Å². The van der Waals surface area contributed by atoms with Crippen LogP contribution in [-0.4, -0.2) is 34.9 Å². The number of benzene rings is 2. The number of esters is 1. The minimum atomic E-state index is -1.02. The van der Waals surface area contributed by atoms with Gasteiger partial charge in [0.25, 0.3) is 0 Å². The Morgan fingerprint density at radius 2 is 1.74 bits per heavy atom. The number of rotatable bonds is 10. The van der Waals surface area contributed by atoms with Crippen LogP contribution in [0.5, 0.6) is 0 Å². The first kappa shape index (κ1) is 22.0. The van der Waals surface area contributed by atoms with E-state index in [-0.39, 0.29) is 25.9 Å². The van der Waals surface area contributed by atoms with Gasteiger partial charge in [-0.2, -0.15) is 0 Å². The molecule has 2 amide bonds. The second-order valence-corrected chi connectivity index (χ2v) is 7.33. The fraction of sp³-hybridized carbons (Fsp3) is 0.261. The van der Waals surface area contributed by atoms with Gasteiger partial charge in [0, 0.05) is 23.5 Å². The van der Waals surface area contributed by atoms with Gasteiger partial charge in [-0.05, 0) is 30.0 Å². The van der Waals surface area contributed by atoms with Crippen LogP contribution in [0.15, 0.2) is 60.8 Å². The zero-order chi connectivity index (χ0) is 22.2. The number of aromatic amines is 1. The van der Waals surface area contributed by atoms with Crippen LogP contribution in [0.2, 0.25) is 0 Å². The Bertz CT molecular complexity index is 1050. The Kier molecular flexibility index (Phi) is 7.40. The maximum Gasteiger partial charge on any atom is 0.328 e. The Morgan fingerprint density at radius 3 is 2.48 bits per heavy atom. The summed E-state index contributed by atoms with van der Waals surface area (Å²) in [5.41, 5.74) is 14.0. The molecule has 0 fully saturated rings. The Balaban J connectivity index is 1.62. The molecule has 0 bridgehead atoms. The molecule has 0 saturated heterocycles. The third kappa shape index (κ3) is 6.16. The van der Waals surface area contributed by atoms with Crippen LogP contribution in [0.25, 0.3) is 10.9 Å². The summed E-state index contributed by atoms with van der Waals surface area (Å²) in [7, 11) is 0. The molecule has 162 valence electrons. The lowest BCUT2D eigenvalue weighted by molar-refractivity contribution is -0.149. The number of hydrogen-bond donors (Lipinski definition) is 4. The third-order valence-electron chi connectivity index (χ3n) is 4.96. The molecule has 2 atom stereocenters. The van der Waals surface area contributed by atoms with Gasteiger partial charge in [-0.25, -0.2) is 4.79 Å². The zero-order valence-electron chi connectivity index (χ0n) is 17.0. The van der Waals surface area contributed by atoms with E-state index in [4.69, 9.17) is 16.2 Å². The maximum atomic E-state index is 12.7. The third-order valence-corrected chi connectivity index (χ3v) is 4.96. The van der Waals surface area contributed by atoms with Crippen LogP contribution in [-0.2, 0) is 32.1 Å². The molecule has 1 heterocycles. The summed E-state index contributed by atoms with van der Waals surface area (Å²) in [5, 5.41) is 3.60. The predicted molar refractivity (Wildman–Crippen MR) is 117 cm³/mol. The van der Waals surface area contributed by atoms with E-state index in [0.717, 1.165) is 22.0 Å². The Hall–Kier alpha value is -3.65. The first-order valence-electron chi connectivity index (χ1n) is 10.0. The second kappa shape index (κ2) is 10.4. The van der Waals surface area contributed by atoms with E-state index < -0.39 is 29.9 Å². The number of carbonyl (C=O) groups is 3. The monoisotopic (exact) mass is 422 g/mol. The van der Waals surface area contributed by atoms with Crippen molar-refractivity contribution in [2.45, 2.75) is 38.0 Å². The number of primary amides is 1. The normalized spacial score (nSPS) is 12.8. The summed E-state index contributed by atoms with van der Waals surface area (Å²) < 4.78 is 5.32. The standard InChI is InChI=1S/C23H26N4O4/c24-18(12-16-13-26-19-9-5-4-8-17(16)19)22(29)27-20(10-11-21(25)28)23(30)31-14-15-6-2-1-3-7-15/h1-9,13,18,20,26H,10-12,14,24H2,(H2,25,28)(H,27,29)/t18-,20-/m0/s1. The van der Waals surface area contributed by atoms with Crippen molar-refractivity contribution >= 4 is 28.7 Å². The number of fused-ring (bicyclic) bond motifs is 1. The van der Waals surface area contributed by atoms with Gasteiger partial charge in [0.15, 0.2) is 0 Å². The number of amides is 2. The zero-order valence-corrected chi connectivity index (χ0v) is 17.0. The number of nitrogens with one attached hydrogen (secondary N) is 2. The van der Waals surface area contributed by atoms with Gasteiger partial charge in [0.05, 0.1) is 6.04 Å². The van der Waals surface area contributed by atoms with E-state index in [1.54, 1.807) is 0 Å². The molecule has 0 aliphatic heterocycles. The number of aromatic nitrogens is 1. The van der Waals surface area contributed by atoms with Crippen molar-refractivity contribution in [3.05, 3.63) is 71.9 Å². The molecule has 0 radical (unpaired) electrons. The SMILES string of the molecule is NC(=O)CC[C@H](NC(=O)[C@@H](N)Cc1c[nH]c2ccccc12)C(=O)OCc1ccccc1. The van der Waals surface area contributed by atoms with Crippen molar-refractivity contribution < 1.29 is 19.1 Å². The molecule has 0 aliphatic rings. The molecule has 0 aliphatic carbocycles. The maximum absolute atomic E-state index is 12.7. The van der Waals surface area contributed by atoms with Gasteiger partial charge in [0.2, 0.25) is 11.8 Å². The van der Waals surface area contributed by atoms with Crippen molar-refractivity contribution in [1.82, 2.24) is 10.3 Å². The first-order valence-corrected chi connectivity index (χ1v) is 10.0. The van der Waals surface area contributed by atoms with Crippen LogP contribution in [0.1, 0.15) is 24.0 Å². The molecule has 3 aromatic rings. The summed E-state index contributed by atoms with van der Waals surface area (Å²) in [6, 6.07) is 15.0. The van der Waals surface area contributed by atoms with Crippen LogP contribution in [0.3, 0.4) is 0 Å². The summed E-state index contributed by atoms with van der Waals surface area (Å²) in [6.07, 6.45) is 2.07. The van der Waals surface area contributed by atoms with Gasteiger partial charge < -0.3 is 26.5 Å². The van der Waals surface area contributed by atoms with Gasteiger partial charge in [-0.3, -0.25) is 9.59 Å². The predicted octanol–water partition coefficient (Wildman–Crippen LogP) is 1.53. The quantitative estimate of drug-likeness (QED) is 0.367. The lowest BCUT2D eigenvalue weighted by Gasteiger charge is -2.19. The highest BCUT2D eigenvalue weighted by molar-refractivity contribution is 5.89. The largest absolute Gasteiger partial charge is 0.459 e. The van der Waals surface area contributed by atoms with Crippen LogP contribution in [0, 0.1) is 0 Å². The highest BCUT2D eigenvalue weighted by atomic mass is 16.5. The molecular formula is C23H26N4O4. The smallest absolute Gasteiger partial charge is 0.328 e. The van der Waals surface area contributed by atoms with Gasteiger partial charge in [0.1, 0.15) is 12.6 Å². The molecule has 0 unspecified atom stereocenters. The average Bonchev–Trinajstić information content (AvgIpc) is 3.18. The highest BCUT2D eigenvalue weighted by Crippen LogP contribution is 2.19. The fourth-order valence-electron chi connectivity index (χ4n) is 3.27. The molecule has 8 nitrogen and oxygen atoms in total. The molecule has 0 saturated carbocycles. The van der Waals surface area contributed by atoms with E-state index in [0.29, 0.717) is 0 Å². The molecule has 0 spiro atoms. The molecule has 6 N–H and O–H groups in total. The van der Waals surface area contributed by atoms with Crippen molar-refractivity contribution in [1.29, 1.82) is 0 Å². The highest BCUT2D eigenvalue weighted by Gasteiger charge is 2.26. The summed E-state index contributed by atoms with van der Waals surface area (Å²) >= 11 is 0. The number of ether oxygens (including phenoxy) is 1. The first-order chi connectivity index (χ1) is 14.9. The van der Waals surface area contributed by atoms with Gasteiger partial charge >= 0.3 is 5.97 Å². The van der Waals surface area contributed by atoms with Gasteiger partial charge in [-0.1, -0.05) is 48.5 Å². The number of carbonyl (C=O) groups excluding carboxylic acids is 3. The minimum Gasteiger partial charge on any atom is -0.459 e. The lowest BCUT2D eigenvalue weighted by atomic mass is 10.0. The second-order valence-electron chi connectivity index (χ2n) is 7.33. The van der Waals surface area contributed by atoms with Crippen molar-refractivity contribution in [3.63, 3.8) is 0 Å². The van der Waals surface area contributed by atoms with E-state index in [1.165, 1.54) is 0 Å². The fourth-order valence-corrected chi connectivity index (χ4v) is 3.27. The van der Waals surface area contributed by atoms with E-state index >= 15 is 0 Å². The molecule has 1 aromatic heterocycles. The van der Waals surface area contributed by atoms with Crippen molar-refractivity contribution in [3.8, 4) is 0 Å². The van der Waals surface area contributed by atoms with Crippen molar-refractivity contribution in [2.75, 3.05) is 0 Å². The van der Waals surface area contributed by atoms with E-state index in [9.17, 15) is 14.4 Å². The molecule has 31 heavy (non-hydrogen) atoms. The summed E-state index contributed by atoms with van der Waals surface area (Å²) in [5.74, 6) is -1.72.